The van der Waals surface area contributed by atoms with Crippen LogP contribution in [0.4, 0.5) is 0 Å². The molecule has 0 aliphatic rings. The molecule has 0 heterocycles. The molecule has 0 spiro atoms. The number of carbonyl (C=O) groups is 3. The second-order valence-corrected chi connectivity index (χ2v) is 6.27. The second-order valence-electron chi connectivity index (χ2n) is 6.27. The van der Waals surface area contributed by atoms with Crippen LogP contribution in [-0.2, 0) is 20.8 Å². The van der Waals surface area contributed by atoms with E-state index in [9.17, 15) is 19.5 Å². The highest BCUT2D eigenvalue weighted by Crippen LogP contribution is 2.12. The van der Waals surface area contributed by atoms with Crippen LogP contribution in [0, 0.1) is 5.92 Å². The summed E-state index contributed by atoms with van der Waals surface area (Å²) in [7, 11) is 0. The minimum absolute atomic E-state index is 0.0788. The first kappa shape index (κ1) is 20.4. The molecule has 3 atom stereocenters. The lowest BCUT2D eigenvalue weighted by atomic mass is 10.0. The number of aliphatic carboxylic acids is 1. The first-order valence-electron chi connectivity index (χ1n) is 7.98. The van der Waals surface area contributed by atoms with Crippen LogP contribution in [0.1, 0.15) is 26.3 Å². The number of phenols is 1. The number of phenolic OH excluding ortho intramolecular Hbond substituents is 1. The lowest BCUT2D eigenvalue weighted by molar-refractivity contribution is -0.141. The molecule has 0 aliphatic carbocycles. The standard InChI is InChI=1S/C17H25N3O5/c1-9(2)14(18)16(23)20-13(15(22)19-10(3)17(24)25)8-11-4-6-12(21)7-5-11/h4-7,9-10,13-14,21H,8,18H2,1-3H3,(H,19,22)(H,20,23)(H,24,25)/t10-,13-,14-/m0/s1. The first-order valence-corrected chi connectivity index (χ1v) is 7.98. The molecule has 0 fully saturated rings. The van der Waals surface area contributed by atoms with Gasteiger partial charge in [-0.15, -0.1) is 0 Å². The van der Waals surface area contributed by atoms with E-state index in [1.165, 1.54) is 19.1 Å². The van der Waals surface area contributed by atoms with Gasteiger partial charge in [0.1, 0.15) is 17.8 Å². The van der Waals surface area contributed by atoms with Gasteiger partial charge in [-0.3, -0.25) is 14.4 Å². The van der Waals surface area contributed by atoms with Gasteiger partial charge in [-0.1, -0.05) is 26.0 Å². The molecule has 138 valence electrons. The quantitative estimate of drug-likeness (QED) is 0.446. The maximum atomic E-state index is 12.4. The molecule has 0 aliphatic heterocycles. The molecule has 0 bridgehead atoms. The van der Waals surface area contributed by atoms with Crippen LogP contribution in [0.5, 0.6) is 5.75 Å². The molecule has 1 aromatic rings. The van der Waals surface area contributed by atoms with Crippen LogP contribution in [0.2, 0.25) is 0 Å². The van der Waals surface area contributed by atoms with Crippen LogP contribution >= 0.6 is 0 Å². The summed E-state index contributed by atoms with van der Waals surface area (Å²) >= 11 is 0. The maximum Gasteiger partial charge on any atom is 0.325 e. The Bertz CT molecular complexity index is 615. The Labute approximate surface area is 146 Å². The van der Waals surface area contributed by atoms with Gasteiger partial charge >= 0.3 is 5.97 Å². The van der Waals surface area contributed by atoms with E-state index < -0.39 is 35.9 Å². The van der Waals surface area contributed by atoms with Crippen LogP contribution in [0.3, 0.4) is 0 Å². The van der Waals surface area contributed by atoms with Gasteiger partial charge in [-0.2, -0.15) is 0 Å². The summed E-state index contributed by atoms with van der Waals surface area (Å²) in [6.07, 6.45) is 0.134. The average Bonchev–Trinajstić information content (AvgIpc) is 2.54. The van der Waals surface area contributed by atoms with Crippen molar-refractivity contribution in [2.75, 3.05) is 0 Å². The molecular formula is C17H25N3O5. The number of hydrogen-bond donors (Lipinski definition) is 5. The predicted octanol–water partition coefficient (Wildman–Crippen LogP) is -0.00790. The van der Waals surface area contributed by atoms with Crippen LogP contribution in [-0.4, -0.2) is 46.1 Å². The third kappa shape index (κ3) is 6.42. The number of carbonyl (C=O) groups excluding carboxylic acids is 2. The zero-order chi connectivity index (χ0) is 19.1. The number of nitrogens with two attached hydrogens (primary N) is 1. The molecule has 1 rings (SSSR count). The van der Waals surface area contributed by atoms with E-state index in [0.717, 1.165) is 0 Å². The third-order valence-corrected chi connectivity index (χ3v) is 3.76. The van der Waals surface area contributed by atoms with E-state index in [1.54, 1.807) is 26.0 Å². The number of nitrogens with one attached hydrogen (secondary N) is 2. The van der Waals surface area contributed by atoms with Gasteiger partial charge in [0.15, 0.2) is 0 Å². The van der Waals surface area contributed by atoms with Crippen molar-refractivity contribution in [3.05, 3.63) is 29.8 Å². The highest BCUT2D eigenvalue weighted by atomic mass is 16.4. The van der Waals surface area contributed by atoms with Crippen molar-refractivity contribution in [3.8, 4) is 5.75 Å². The molecule has 0 aromatic heterocycles. The molecule has 2 amide bonds. The van der Waals surface area contributed by atoms with Gasteiger partial charge in [0, 0.05) is 6.42 Å². The van der Waals surface area contributed by atoms with Gasteiger partial charge in [0.05, 0.1) is 6.04 Å². The highest BCUT2D eigenvalue weighted by Gasteiger charge is 2.27. The molecule has 0 radical (unpaired) electrons. The monoisotopic (exact) mass is 351 g/mol. The number of benzene rings is 1. The van der Waals surface area contributed by atoms with Gasteiger partial charge in [0.25, 0.3) is 0 Å². The Morgan fingerprint density at radius 1 is 1.04 bits per heavy atom. The third-order valence-electron chi connectivity index (χ3n) is 3.76. The second kappa shape index (κ2) is 9.03. The summed E-state index contributed by atoms with van der Waals surface area (Å²) in [5.74, 6) is -2.32. The van der Waals surface area contributed by atoms with Crippen LogP contribution < -0.4 is 16.4 Å². The van der Waals surface area contributed by atoms with Gasteiger partial charge in [0.2, 0.25) is 11.8 Å². The van der Waals surface area contributed by atoms with Crippen molar-refractivity contribution in [1.29, 1.82) is 0 Å². The molecule has 25 heavy (non-hydrogen) atoms. The molecule has 6 N–H and O–H groups in total. The fraction of sp³-hybridized carbons (Fsp3) is 0.471. The number of amides is 2. The zero-order valence-electron chi connectivity index (χ0n) is 14.5. The Hall–Kier alpha value is -2.61. The average molecular weight is 351 g/mol. The molecule has 0 saturated heterocycles. The summed E-state index contributed by atoms with van der Waals surface area (Å²) < 4.78 is 0. The van der Waals surface area contributed by atoms with E-state index in [4.69, 9.17) is 10.8 Å². The number of carboxylic acid groups (broad SMARTS) is 1. The summed E-state index contributed by atoms with van der Waals surface area (Å²) in [4.78, 5) is 35.5. The van der Waals surface area contributed by atoms with Crippen molar-refractivity contribution in [2.24, 2.45) is 11.7 Å². The predicted molar refractivity (Wildman–Crippen MR) is 91.8 cm³/mol. The van der Waals surface area contributed by atoms with Crippen LogP contribution in [0.25, 0.3) is 0 Å². The van der Waals surface area contributed by atoms with Gasteiger partial charge < -0.3 is 26.6 Å². The molecular weight excluding hydrogens is 326 g/mol. The van der Waals surface area contributed by atoms with Crippen molar-refractivity contribution >= 4 is 17.8 Å². The van der Waals surface area contributed by atoms with Gasteiger partial charge in [-0.25, -0.2) is 0 Å². The number of hydrogen-bond acceptors (Lipinski definition) is 5. The lowest BCUT2D eigenvalue weighted by Crippen LogP contribution is -2.55. The van der Waals surface area contributed by atoms with E-state index in [1.807, 2.05) is 0 Å². The summed E-state index contributed by atoms with van der Waals surface area (Å²) in [6, 6.07) is 3.30. The van der Waals surface area contributed by atoms with E-state index in [0.29, 0.717) is 5.56 Å². The highest BCUT2D eigenvalue weighted by molar-refractivity contribution is 5.91. The number of aromatic hydroxyl groups is 1. The Kier molecular flexibility index (Phi) is 7.38. The summed E-state index contributed by atoms with van der Waals surface area (Å²) in [5.41, 5.74) is 6.49. The molecule has 0 saturated carbocycles. The van der Waals surface area contributed by atoms with E-state index >= 15 is 0 Å². The smallest absolute Gasteiger partial charge is 0.325 e. The molecule has 1 aromatic carbocycles. The Morgan fingerprint density at radius 3 is 2.08 bits per heavy atom. The minimum atomic E-state index is -1.18. The number of carboxylic acids is 1. The SMILES string of the molecule is CC(C)[C@H](N)C(=O)N[C@@H](Cc1ccc(O)cc1)C(=O)N[C@@H](C)C(=O)O. The largest absolute Gasteiger partial charge is 0.508 e. The normalized spacial score (nSPS) is 14.4. The van der Waals surface area contributed by atoms with Crippen molar-refractivity contribution < 1.29 is 24.6 Å². The topological polar surface area (TPSA) is 142 Å². The Morgan fingerprint density at radius 2 is 1.60 bits per heavy atom. The fourth-order valence-corrected chi connectivity index (χ4v) is 2.02. The van der Waals surface area contributed by atoms with Gasteiger partial charge in [-0.05, 0) is 30.5 Å². The molecule has 8 nitrogen and oxygen atoms in total. The van der Waals surface area contributed by atoms with E-state index in [2.05, 4.69) is 10.6 Å². The summed E-state index contributed by atoms with van der Waals surface area (Å²) in [6.45, 7) is 4.90. The Balaban J connectivity index is 2.92. The fourth-order valence-electron chi connectivity index (χ4n) is 2.02. The van der Waals surface area contributed by atoms with E-state index in [-0.39, 0.29) is 18.1 Å². The van der Waals surface area contributed by atoms with Crippen molar-refractivity contribution in [1.82, 2.24) is 10.6 Å². The first-order chi connectivity index (χ1) is 11.6. The van der Waals surface area contributed by atoms with Crippen molar-refractivity contribution in [2.45, 2.75) is 45.3 Å². The lowest BCUT2D eigenvalue weighted by Gasteiger charge is -2.23. The summed E-state index contributed by atoms with van der Waals surface area (Å²) in [5, 5.41) is 23.2. The number of rotatable bonds is 8. The van der Waals surface area contributed by atoms with Crippen LogP contribution in [0.15, 0.2) is 24.3 Å². The zero-order valence-corrected chi connectivity index (χ0v) is 14.5. The minimum Gasteiger partial charge on any atom is -0.508 e. The molecule has 8 heteroatoms. The van der Waals surface area contributed by atoms with Crippen molar-refractivity contribution in [3.63, 3.8) is 0 Å². The maximum absolute atomic E-state index is 12.4. The molecule has 0 unspecified atom stereocenters.